The van der Waals surface area contributed by atoms with Gasteiger partial charge in [-0.25, -0.2) is 10.8 Å². The van der Waals surface area contributed by atoms with E-state index < -0.39 is 11.7 Å². The first-order chi connectivity index (χ1) is 9.94. The largest absolute Gasteiger partial charge is 0.416 e. The molecule has 1 aromatic rings. The molecule has 5 nitrogen and oxygen atoms in total. The van der Waals surface area contributed by atoms with E-state index in [4.69, 9.17) is 10.6 Å². The molecule has 0 bridgehead atoms. The molecule has 1 unspecified atom stereocenters. The van der Waals surface area contributed by atoms with E-state index in [0.29, 0.717) is 31.4 Å². The topological polar surface area (TPSA) is 63.4 Å². The SMILES string of the molecule is COCC1CCCN(c2cc(C(F)(F)F)cc(NN)n2)C1. The summed E-state index contributed by atoms with van der Waals surface area (Å²) in [7, 11) is 1.62. The molecule has 1 fully saturated rings. The van der Waals surface area contributed by atoms with Gasteiger partial charge < -0.3 is 15.1 Å². The number of piperidine rings is 1. The minimum atomic E-state index is -4.43. The molecule has 1 atom stereocenters. The number of pyridine rings is 1. The average molecular weight is 304 g/mol. The van der Waals surface area contributed by atoms with Crippen LogP contribution < -0.4 is 16.2 Å². The van der Waals surface area contributed by atoms with Crippen molar-refractivity contribution in [2.45, 2.75) is 19.0 Å². The Kier molecular flexibility index (Phi) is 4.89. The minimum absolute atomic E-state index is 0.00805. The molecule has 3 N–H and O–H groups in total. The molecule has 1 aliphatic rings. The summed E-state index contributed by atoms with van der Waals surface area (Å²) in [5.74, 6) is 5.82. The zero-order valence-electron chi connectivity index (χ0n) is 11.8. The maximum atomic E-state index is 12.9. The van der Waals surface area contributed by atoms with Gasteiger partial charge in [-0.15, -0.1) is 0 Å². The second kappa shape index (κ2) is 6.48. The first kappa shape index (κ1) is 15.8. The van der Waals surface area contributed by atoms with Crippen LogP contribution in [0.2, 0.25) is 0 Å². The molecule has 0 amide bonds. The van der Waals surface area contributed by atoms with E-state index in [1.807, 2.05) is 4.90 Å². The summed E-state index contributed by atoms with van der Waals surface area (Å²) >= 11 is 0. The predicted molar refractivity (Wildman–Crippen MR) is 73.9 cm³/mol. The molecule has 2 rings (SSSR count). The maximum Gasteiger partial charge on any atom is 0.416 e. The number of aromatic nitrogens is 1. The van der Waals surface area contributed by atoms with Gasteiger partial charge in [0.2, 0.25) is 0 Å². The van der Waals surface area contributed by atoms with E-state index in [1.165, 1.54) is 0 Å². The van der Waals surface area contributed by atoms with Gasteiger partial charge in [0.25, 0.3) is 0 Å². The molecule has 2 heterocycles. The lowest BCUT2D eigenvalue weighted by molar-refractivity contribution is -0.137. The molecule has 8 heteroatoms. The fourth-order valence-corrected chi connectivity index (χ4v) is 2.56. The predicted octanol–water partition coefficient (Wildman–Crippen LogP) is 2.25. The number of alkyl halides is 3. The third-order valence-electron chi connectivity index (χ3n) is 3.53. The van der Waals surface area contributed by atoms with Crippen LogP contribution in [0.3, 0.4) is 0 Å². The molecule has 0 saturated carbocycles. The lowest BCUT2D eigenvalue weighted by Gasteiger charge is -2.33. The molecular formula is C13H19F3N4O. The molecule has 118 valence electrons. The number of anilines is 2. The Balaban J connectivity index is 2.25. The Bertz CT molecular complexity index is 479. The van der Waals surface area contributed by atoms with Crippen molar-refractivity contribution in [3.8, 4) is 0 Å². The summed E-state index contributed by atoms with van der Waals surface area (Å²) in [4.78, 5) is 5.98. The van der Waals surface area contributed by atoms with Crippen LogP contribution in [0.4, 0.5) is 24.8 Å². The number of hydrogen-bond acceptors (Lipinski definition) is 5. The smallest absolute Gasteiger partial charge is 0.384 e. The van der Waals surface area contributed by atoms with Crippen molar-refractivity contribution in [3.63, 3.8) is 0 Å². The Morgan fingerprint density at radius 1 is 1.48 bits per heavy atom. The van der Waals surface area contributed by atoms with E-state index >= 15 is 0 Å². The average Bonchev–Trinajstić information content (AvgIpc) is 2.46. The summed E-state index contributed by atoms with van der Waals surface area (Å²) in [5.41, 5.74) is 1.44. The Labute approximate surface area is 121 Å². The van der Waals surface area contributed by atoms with Crippen molar-refractivity contribution < 1.29 is 17.9 Å². The van der Waals surface area contributed by atoms with Crippen molar-refractivity contribution in [2.24, 2.45) is 11.8 Å². The van der Waals surface area contributed by atoms with Gasteiger partial charge in [0.1, 0.15) is 11.6 Å². The first-order valence-electron chi connectivity index (χ1n) is 6.74. The lowest BCUT2D eigenvalue weighted by atomic mass is 9.99. The van der Waals surface area contributed by atoms with Crippen LogP contribution in [0.25, 0.3) is 0 Å². The number of rotatable bonds is 4. The maximum absolute atomic E-state index is 12.9. The standard InChI is InChI=1S/C13H19F3N4O/c1-21-8-9-3-2-4-20(7-9)12-6-10(13(14,15)16)5-11(18-12)19-17/h5-6,9H,2-4,7-8,17H2,1H3,(H,18,19). The number of nitrogen functional groups attached to an aromatic ring is 1. The molecule has 0 aliphatic carbocycles. The highest BCUT2D eigenvalue weighted by molar-refractivity contribution is 5.51. The van der Waals surface area contributed by atoms with Crippen molar-refractivity contribution in [2.75, 3.05) is 37.1 Å². The molecule has 0 aromatic carbocycles. The van der Waals surface area contributed by atoms with Crippen LogP contribution >= 0.6 is 0 Å². The number of nitrogens with zero attached hydrogens (tertiary/aromatic N) is 2. The summed E-state index contributed by atoms with van der Waals surface area (Å²) in [6.45, 7) is 1.90. The van der Waals surface area contributed by atoms with E-state index in [-0.39, 0.29) is 5.82 Å². The summed E-state index contributed by atoms with van der Waals surface area (Å²) in [6.07, 6.45) is -2.52. The Hall–Kier alpha value is -1.54. The first-order valence-corrected chi connectivity index (χ1v) is 6.74. The van der Waals surface area contributed by atoms with Crippen molar-refractivity contribution in [3.05, 3.63) is 17.7 Å². The summed E-state index contributed by atoms with van der Waals surface area (Å²) in [6, 6.07) is 1.97. The van der Waals surface area contributed by atoms with Crippen LogP contribution in [-0.2, 0) is 10.9 Å². The molecule has 0 radical (unpaired) electrons. The van der Waals surface area contributed by atoms with Crippen LogP contribution in [0.15, 0.2) is 12.1 Å². The highest BCUT2D eigenvalue weighted by atomic mass is 19.4. The Morgan fingerprint density at radius 2 is 2.24 bits per heavy atom. The van der Waals surface area contributed by atoms with E-state index in [9.17, 15) is 13.2 Å². The fraction of sp³-hybridized carbons (Fsp3) is 0.615. The Morgan fingerprint density at radius 3 is 2.86 bits per heavy atom. The van der Waals surface area contributed by atoms with Crippen molar-refractivity contribution >= 4 is 11.6 Å². The third-order valence-corrected chi connectivity index (χ3v) is 3.53. The highest BCUT2D eigenvalue weighted by Crippen LogP contribution is 2.33. The highest BCUT2D eigenvalue weighted by Gasteiger charge is 2.32. The van der Waals surface area contributed by atoms with Crippen molar-refractivity contribution in [1.82, 2.24) is 4.98 Å². The number of nitrogens with two attached hydrogens (primary N) is 1. The third kappa shape index (κ3) is 3.98. The van der Waals surface area contributed by atoms with Crippen LogP contribution in [0.5, 0.6) is 0 Å². The van der Waals surface area contributed by atoms with Crippen LogP contribution in [-0.4, -0.2) is 31.8 Å². The fourth-order valence-electron chi connectivity index (χ4n) is 2.56. The number of hydrazine groups is 1. The number of nitrogens with one attached hydrogen (secondary N) is 1. The second-order valence-corrected chi connectivity index (χ2v) is 5.15. The zero-order valence-corrected chi connectivity index (χ0v) is 11.8. The van der Waals surface area contributed by atoms with E-state index in [2.05, 4.69) is 10.4 Å². The summed E-state index contributed by atoms with van der Waals surface area (Å²) in [5, 5.41) is 0. The zero-order chi connectivity index (χ0) is 15.5. The van der Waals surface area contributed by atoms with Gasteiger partial charge in [0.05, 0.1) is 12.2 Å². The van der Waals surface area contributed by atoms with Crippen LogP contribution in [0.1, 0.15) is 18.4 Å². The normalized spacial score (nSPS) is 19.7. The van der Waals surface area contributed by atoms with Crippen LogP contribution in [0, 0.1) is 5.92 Å². The minimum Gasteiger partial charge on any atom is -0.384 e. The summed E-state index contributed by atoms with van der Waals surface area (Å²) < 4.78 is 43.9. The molecular weight excluding hydrogens is 285 g/mol. The van der Waals surface area contributed by atoms with Gasteiger partial charge in [0.15, 0.2) is 0 Å². The molecule has 1 saturated heterocycles. The molecule has 21 heavy (non-hydrogen) atoms. The molecule has 0 spiro atoms. The van der Waals surface area contributed by atoms with E-state index in [1.54, 1.807) is 7.11 Å². The molecule has 1 aromatic heterocycles. The van der Waals surface area contributed by atoms with Crippen molar-refractivity contribution in [1.29, 1.82) is 0 Å². The lowest BCUT2D eigenvalue weighted by Crippen LogP contribution is -2.37. The number of methoxy groups -OCH3 is 1. The monoisotopic (exact) mass is 304 g/mol. The molecule has 1 aliphatic heterocycles. The van der Waals surface area contributed by atoms with E-state index in [0.717, 1.165) is 25.0 Å². The van der Waals surface area contributed by atoms with Gasteiger partial charge in [-0.3, -0.25) is 0 Å². The number of hydrogen-bond donors (Lipinski definition) is 2. The van der Waals surface area contributed by atoms with Gasteiger partial charge in [-0.2, -0.15) is 13.2 Å². The number of halogens is 3. The van der Waals surface area contributed by atoms with Gasteiger partial charge in [-0.1, -0.05) is 0 Å². The van der Waals surface area contributed by atoms with Gasteiger partial charge in [0, 0.05) is 20.2 Å². The number of ether oxygens (including phenoxy) is 1. The quantitative estimate of drug-likeness (QED) is 0.660. The van der Waals surface area contributed by atoms with Gasteiger partial charge >= 0.3 is 6.18 Å². The van der Waals surface area contributed by atoms with Gasteiger partial charge in [-0.05, 0) is 30.9 Å². The second-order valence-electron chi connectivity index (χ2n) is 5.15.